The predicted molar refractivity (Wildman–Crippen MR) is 122 cm³/mol. The van der Waals surface area contributed by atoms with Gasteiger partial charge in [-0.3, -0.25) is 4.79 Å². The fraction of sp³-hybridized carbons (Fsp3) is 0.292. The van der Waals surface area contributed by atoms with Crippen LogP contribution in [0.25, 0.3) is 0 Å². The molecule has 0 bridgehead atoms. The molecule has 1 aromatic heterocycles. The van der Waals surface area contributed by atoms with E-state index >= 15 is 0 Å². The third-order valence-corrected chi connectivity index (χ3v) is 5.85. The van der Waals surface area contributed by atoms with E-state index in [1.165, 1.54) is 11.6 Å². The van der Waals surface area contributed by atoms with Gasteiger partial charge in [0.05, 0.1) is 23.4 Å². The second kappa shape index (κ2) is 9.55. The minimum Gasteiger partial charge on any atom is -0.358 e. The zero-order chi connectivity index (χ0) is 22.5. The molecule has 1 N–H and O–H groups in total. The van der Waals surface area contributed by atoms with Gasteiger partial charge in [0, 0.05) is 11.3 Å². The molecule has 0 unspecified atom stereocenters. The van der Waals surface area contributed by atoms with Gasteiger partial charge >= 0.3 is 5.82 Å². The topological polar surface area (TPSA) is 102 Å². The average molecular weight is 431 g/mol. The number of carbonyl (C=O) groups excluding carboxylic acids is 1. The van der Waals surface area contributed by atoms with E-state index in [1.807, 2.05) is 18.2 Å². The summed E-state index contributed by atoms with van der Waals surface area (Å²) in [4.78, 5) is 22.8. The molecule has 32 heavy (non-hydrogen) atoms. The Labute approximate surface area is 186 Å². The van der Waals surface area contributed by atoms with Crippen LogP contribution in [0.5, 0.6) is 0 Å². The van der Waals surface area contributed by atoms with Crippen LogP contribution in [-0.4, -0.2) is 26.3 Å². The molecular formula is C24H25N5O3. The number of rotatable bonds is 6. The van der Waals surface area contributed by atoms with Crippen LogP contribution in [-0.2, 0) is 6.54 Å². The van der Waals surface area contributed by atoms with Gasteiger partial charge in [0.25, 0.3) is 5.91 Å². The van der Waals surface area contributed by atoms with Crippen molar-refractivity contribution in [2.45, 2.75) is 45.1 Å². The number of amides is 1. The van der Waals surface area contributed by atoms with Gasteiger partial charge in [-0.15, -0.1) is 0 Å². The lowest BCUT2D eigenvalue weighted by molar-refractivity contribution is -0.389. The highest BCUT2D eigenvalue weighted by Crippen LogP contribution is 2.31. The number of nitrogens with zero attached hydrogens (tertiary/aromatic N) is 4. The fourth-order valence-electron chi connectivity index (χ4n) is 3.99. The summed E-state index contributed by atoms with van der Waals surface area (Å²) in [6.45, 7) is 2.17. The number of hydrazone groups is 1. The SMILES string of the molecule is Cc1cc([N+](=O)[O-])nn1Cc1ccc(C(=O)NN=C2CCC(c3ccccc3)CC2)cc1. The van der Waals surface area contributed by atoms with Crippen molar-refractivity contribution in [1.29, 1.82) is 0 Å². The van der Waals surface area contributed by atoms with E-state index in [-0.39, 0.29) is 11.7 Å². The van der Waals surface area contributed by atoms with E-state index in [0.717, 1.165) is 37.0 Å². The average Bonchev–Trinajstić information content (AvgIpc) is 3.19. The molecule has 1 saturated carbocycles. The first kappa shape index (κ1) is 21.4. The number of carbonyl (C=O) groups is 1. The van der Waals surface area contributed by atoms with Crippen molar-refractivity contribution < 1.29 is 9.72 Å². The van der Waals surface area contributed by atoms with Crippen LogP contribution in [0.15, 0.2) is 65.8 Å². The third-order valence-electron chi connectivity index (χ3n) is 5.85. The highest BCUT2D eigenvalue weighted by atomic mass is 16.6. The van der Waals surface area contributed by atoms with Crippen LogP contribution in [0.2, 0.25) is 0 Å². The Balaban J connectivity index is 1.31. The number of nitro groups is 1. The quantitative estimate of drug-likeness (QED) is 0.455. The van der Waals surface area contributed by atoms with Gasteiger partial charge in [-0.2, -0.15) is 9.78 Å². The Bertz CT molecular complexity index is 1130. The maximum Gasteiger partial charge on any atom is 0.390 e. The fourth-order valence-corrected chi connectivity index (χ4v) is 3.99. The molecule has 8 nitrogen and oxygen atoms in total. The van der Waals surface area contributed by atoms with E-state index in [1.54, 1.807) is 23.7 Å². The molecule has 8 heteroatoms. The summed E-state index contributed by atoms with van der Waals surface area (Å²) in [7, 11) is 0. The molecule has 1 aliphatic carbocycles. The van der Waals surface area contributed by atoms with Gasteiger partial charge in [0.15, 0.2) is 0 Å². The zero-order valence-corrected chi connectivity index (χ0v) is 17.9. The molecule has 1 amide bonds. The molecule has 1 heterocycles. The Morgan fingerprint density at radius 3 is 2.47 bits per heavy atom. The summed E-state index contributed by atoms with van der Waals surface area (Å²) < 4.78 is 1.57. The Hall–Kier alpha value is -3.81. The second-order valence-electron chi connectivity index (χ2n) is 8.06. The molecule has 1 fully saturated rings. The highest BCUT2D eigenvalue weighted by Gasteiger charge is 2.19. The summed E-state index contributed by atoms with van der Waals surface area (Å²) in [6, 6.07) is 19.1. The summed E-state index contributed by atoms with van der Waals surface area (Å²) in [5.74, 6) is 0.133. The van der Waals surface area contributed by atoms with E-state index in [9.17, 15) is 14.9 Å². The first-order chi connectivity index (χ1) is 15.5. The molecule has 0 radical (unpaired) electrons. The Morgan fingerprint density at radius 1 is 1.16 bits per heavy atom. The maximum atomic E-state index is 12.5. The molecule has 0 saturated heterocycles. The van der Waals surface area contributed by atoms with Gasteiger partial charge in [-0.25, -0.2) is 5.43 Å². The van der Waals surface area contributed by atoms with Crippen LogP contribution < -0.4 is 5.43 Å². The molecule has 3 aromatic rings. The standard InChI is InChI=1S/C24H25N5O3/c1-17-15-23(29(31)32)27-28(17)16-18-7-9-21(10-8-18)24(30)26-25-22-13-11-20(12-14-22)19-5-3-2-4-6-19/h2-10,15,20H,11-14,16H2,1H3,(H,26,30). The number of benzene rings is 2. The van der Waals surface area contributed by atoms with Crippen LogP contribution >= 0.6 is 0 Å². The zero-order valence-electron chi connectivity index (χ0n) is 17.9. The highest BCUT2D eigenvalue weighted by molar-refractivity contribution is 5.95. The van der Waals surface area contributed by atoms with Crippen molar-refractivity contribution in [1.82, 2.24) is 15.2 Å². The monoisotopic (exact) mass is 431 g/mol. The number of hydrogen-bond acceptors (Lipinski definition) is 5. The van der Waals surface area contributed by atoms with Gasteiger partial charge in [0.1, 0.15) is 0 Å². The molecule has 2 aromatic carbocycles. The molecule has 0 atom stereocenters. The van der Waals surface area contributed by atoms with Gasteiger partial charge in [-0.05, 0) is 66.7 Å². The van der Waals surface area contributed by atoms with Crippen molar-refractivity contribution >= 4 is 17.4 Å². The summed E-state index contributed by atoms with van der Waals surface area (Å²) in [6.07, 6.45) is 3.85. The van der Waals surface area contributed by atoms with Crippen molar-refractivity contribution in [3.63, 3.8) is 0 Å². The normalized spacial score (nSPS) is 15.9. The lowest BCUT2D eigenvalue weighted by atomic mass is 9.83. The molecule has 0 aliphatic heterocycles. The predicted octanol–water partition coefficient (Wildman–Crippen LogP) is 4.59. The Morgan fingerprint density at radius 2 is 1.84 bits per heavy atom. The van der Waals surface area contributed by atoms with Crippen LogP contribution in [0, 0.1) is 17.0 Å². The molecule has 4 rings (SSSR count). The summed E-state index contributed by atoms with van der Waals surface area (Å²) in [5.41, 5.74) is 7.19. The second-order valence-corrected chi connectivity index (χ2v) is 8.06. The minimum absolute atomic E-state index is 0.171. The molecule has 1 aliphatic rings. The first-order valence-corrected chi connectivity index (χ1v) is 10.7. The molecular weight excluding hydrogens is 406 g/mol. The smallest absolute Gasteiger partial charge is 0.358 e. The number of hydrogen-bond donors (Lipinski definition) is 1. The van der Waals surface area contributed by atoms with Crippen molar-refractivity contribution in [3.05, 3.63) is 93.2 Å². The lowest BCUT2D eigenvalue weighted by Crippen LogP contribution is -2.22. The van der Waals surface area contributed by atoms with E-state index < -0.39 is 4.92 Å². The van der Waals surface area contributed by atoms with Crippen LogP contribution in [0.4, 0.5) is 5.82 Å². The summed E-state index contributed by atoms with van der Waals surface area (Å²) in [5, 5.41) is 19.2. The molecule has 164 valence electrons. The van der Waals surface area contributed by atoms with Gasteiger partial charge < -0.3 is 10.1 Å². The summed E-state index contributed by atoms with van der Waals surface area (Å²) >= 11 is 0. The number of nitrogens with one attached hydrogen (secondary N) is 1. The van der Waals surface area contributed by atoms with Crippen molar-refractivity contribution in [2.75, 3.05) is 0 Å². The van der Waals surface area contributed by atoms with E-state index in [2.05, 4.69) is 39.9 Å². The first-order valence-electron chi connectivity index (χ1n) is 10.7. The van der Waals surface area contributed by atoms with Gasteiger partial charge in [0.2, 0.25) is 0 Å². The number of aryl methyl sites for hydroxylation is 1. The Kier molecular flexibility index (Phi) is 6.39. The van der Waals surface area contributed by atoms with E-state index in [4.69, 9.17) is 0 Å². The molecule has 0 spiro atoms. The number of aromatic nitrogens is 2. The lowest BCUT2D eigenvalue weighted by Gasteiger charge is -2.23. The van der Waals surface area contributed by atoms with Crippen molar-refractivity contribution in [2.24, 2.45) is 5.10 Å². The van der Waals surface area contributed by atoms with Crippen LogP contribution in [0.1, 0.15) is 58.8 Å². The van der Waals surface area contributed by atoms with E-state index in [0.29, 0.717) is 23.7 Å². The van der Waals surface area contributed by atoms with Gasteiger partial charge in [-0.1, -0.05) is 42.5 Å². The third kappa shape index (κ3) is 5.08. The largest absolute Gasteiger partial charge is 0.390 e. The van der Waals surface area contributed by atoms with Crippen molar-refractivity contribution in [3.8, 4) is 0 Å². The minimum atomic E-state index is -0.507. The van der Waals surface area contributed by atoms with Crippen LogP contribution in [0.3, 0.4) is 0 Å². The maximum absolute atomic E-state index is 12.5.